The predicted octanol–water partition coefficient (Wildman–Crippen LogP) is 3.10. The average Bonchev–Trinajstić information content (AvgIpc) is 3.32. The second kappa shape index (κ2) is 12.7. The van der Waals surface area contributed by atoms with E-state index in [1.807, 2.05) is 18.5 Å². The first-order valence-corrected chi connectivity index (χ1v) is 10.6. The summed E-state index contributed by atoms with van der Waals surface area (Å²) >= 11 is 0. The van der Waals surface area contributed by atoms with Crippen LogP contribution in [0.25, 0.3) is 10.9 Å². The molecule has 3 aromatic rings. The van der Waals surface area contributed by atoms with Gasteiger partial charge in [-0.25, -0.2) is 4.99 Å². The van der Waals surface area contributed by atoms with Gasteiger partial charge in [0, 0.05) is 51.0 Å². The Morgan fingerprint density at radius 2 is 2.00 bits per heavy atom. The molecule has 0 radical (unpaired) electrons. The van der Waals surface area contributed by atoms with Crippen LogP contribution in [0, 0.1) is 6.92 Å². The molecule has 0 saturated heterocycles. The summed E-state index contributed by atoms with van der Waals surface area (Å²) in [5, 5.41) is 16.4. The average molecular weight is 539 g/mol. The minimum Gasteiger partial charge on any atom is -0.385 e. The maximum absolute atomic E-state index is 5.14. The number of guanidine groups is 1. The second-order valence-corrected chi connectivity index (χ2v) is 7.34. The molecule has 3 rings (SSSR count). The molecular formula is C22H34IN7O. The van der Waals surface area contributed by atoms with Crippen LogP contribution >= 0.6 is 24.0 Å². The van der Waals surface area contributed by atoms with Crippen molar-refractivity contribution >= 4 is 40.8 Å². The lowest BCUT2D eigenvalue weighted by molar-refractivity contribution is 0.195. The van der Waals surface area contributed by atoms with Gasteiger partial charge in [0.1, 0.15) is 12.4 Å². The molecule has 2 aromatic heterocycles. The third kappa shape index (κ3) is 6.67. The van der Waals surface area contributed by atoms with Gasteiger partial charge in [-0.1, -0.05) is 25.1 Å². The molecule has 0 bridgehead atoms. The molecule has 0 fully saturated rings. The Bertz CT molecular complexity index is 980. The molecule has 0 amide bonds. The Kier molecular flexibility index (Phi) is 10.3. The molecule has 0 aliphatic carbocycles. The first kappa shape index (κ1) is 25.1. The van der Waals surface area contributed by atoms with Crippen molar-refractivity contribution in [3.8, 4) is 0 Å². The van der Waals surface area contributed by atoms with Crippen molar-refractivity contribution in [2.24, 2.45) is 12.0 Å². The normalized spacial score (nSPS) is 11.5. The Balaban J connectivity index is 0.00000341. The predicted molar refractivity (Wildman–Crippen MR) is 136 cm³/mol. The van der Waals surface area contributed by atoms with E-state index in [1.54, 1.807) is 7.11 Å². The Morgan fingerprint density at radius 3 is 2.71 bits per heavy atom. The standard InChI is InChI=1S/C22H33N7O.HI/c1-5-17-8-6-9-19-18(14-25-21(17)19)10-12-24-22(23-11-7-13-30-4)26-15-20-28-27-16(2)29(20)3;/h6,8-9,14,25H,5,7,10-13,15H2,1-4H3,(H2,23,24,26);1H. The summed E-state index contributed by atoms with van der Waals surface area (Å²) in [6.07, 6.45) is 4.98. The van der Waals surface area contributed by atoms with Crippen LogP contribution < -0.4 is 10.6 Å². The van der Waals surface area contributed by atoms with Crippen molar-refractivity contribution in [3.63, 3.8) is 0 Å². The van der Waals surface area contributed by atoms with Gasteiger partial charge >= 0.3 is 0 Å². The lowest BCUT2D eigenvalue weighted by atomic mass is 10.1. The molecule has 1 aromatic carbocycles. The first-order chi connectivity index (χ1) is 14.6. The molecular weight excluding hydrogens is 505 g/mol. The largest absolute Gasteiger partial charge is 0.385 e. The molecule has 0 spiro atoms. The Labute approximate surface area is 201 Å². The number of para-hydroxylation sites is 1. The molecule has 2 heterocycles. The lowest BCUT2D eigenvalue weighted by Gasteiger charge is -2.12. The Morgan fingerprint density at radius 1 is 1.19 bits per heavy atom. The van der Waals surface area contributed by atoms with E-state index >= 15 is 0 Å². The van der Waals surface area contributed by atoms with Crippen molar-refractivity contribution in [1.82, 2.24) is 30.4 Å². The maximum atomic E-state index is 5.14. The van der Waals surface area contributed by atoms with Crippen LogP contribution in [0.4, 0.5) is 0 Å². The van der Waals surface area contributed by atoms with Crippen LogP contribution in [0.1, 0.15) is 36.1 Å². The molecule has 31 heavy (non-hydrogen) atoms. The molecule has 0 saturated carbocycles. The van der Waals surface area contributed by atoms with Gasteiger partial charge in [0.05, 0.1) is 0 Å². The number of ether oxygens (including phenoxy) is 1. The number of aryl methyl sites for hydroxylation is 2. The fraction of sp³-hybridized carbons (Fsp3) is 0.500. The van der Waals surface area contributed by atoms with E-state index in [-0.39, 0.29) is 24.0 Å². The smallest absolute Gasteiger partial charge is 0.191 e. The fourth-order valence-corrected chi connectivity index (χ4v) is 3.43. The lowest BCUT2D eigenvalue weighted by Crippen LogP contribution is -2.39. The third-order valence-corrected chi connectivity index (χ3v) is 5.33. The van der Waals surface area contributed by atoms with E-state index in [9.17, 15) is 0 Å². The number of aromatic amines is 1. The van der Waals surface area contributed by atoms with E-state index in [4.69, 9.17) is 9.73 Å². The number of nitrogens with zero attached hydrogens (tertiary/aromatic N) is 4. The van der Waals surface area contributed by atoms with E-state index < -0.39 is 0 Å². The van der Waals surface area contributed by atoms with E-state index in [0.717, 1.165) is 56.6 Å². The number of aromatic nitrogens is 4. The highest BCUT2D eigenvalue weighted by Gasteiger charge is 2.08. The van der Waals surface area contributed by atoms with Crippen LogP contribution in [0.3, 0.4) is 0 Å². The molecule has 0 atom stereocenters. The van der Waals surface area contributed by atoms with E-state index in [2.05, 4.69) is 57.1 Å². The van der Waals surface area contributed by atoms with Gasteiger partial charge in [0.2, 0.25) is 0 Å². The summed E-state index contributed by atoms with van der Waals surface area (Å²) in [6, 6.07) is 6.51. The summed E-state index contributed by atoms with van der Waals surface area (Å²) in [6.45, 7) is 6.91. The summed E-state index contributed by atoms with van der Waals surface area (Å²) in [5.41, 5.74) is 3.92. The van der Waals surface area contributed by atoms with Crippen LogP contribution in [0.15, 0.2) is 29.4 Å². The van der Waals surface area contributed by atoms with Crippen molar-refractivity contribution < 1.29 is 4.74 Å². The minimum atomic E-state index is 0. The van der Waals surface area contributed by atoms with E-state index in [1.165, 1.54) is 22.0 Å². The number of benzene rings is 1. The van der Waals surface area contributed by atoms with Gasteiger partial charge in [0.15, 0.2) is 11.8 Å². The summed E-state index contributed by atoms with van der Waals surface area (Å²) < 4.78 is 7.10. The SMILES string of the molecule is CCc1cccc2c(CCNC(=NCc3nnc(C)n3C)NCCCOC)c[nH]c12.I. The highest BCUT2D eigenvalue weighted by Crippen LogP contribution is 2.22. The van der Waals surface area contributed by atoms with Crippen LogP contribution in [0.2, 0.25) is 0 Å². The second-order valence-electron chi connectivity index (χ2n) is 7.34. The van der Waals surface area contributed by atoms with Gasteiger partial charge in [-0.3, -0.25) is 0 Å². The number of methoxy groups -OCH3 is 1. The molecule has 0 aliphatic heterocycles. The van der Waals surface area contributed by atoms with Gasteiger partial charge in [-0.05, 0) is 37.3 Å². The quantitative estimate of drug-likeness (QED) is 0.160. The highest BCUT2D eigenvalue weighted by atomic mass is 127. The number of H-pyrrole nitrogens is 1. The van der Waals surface area contributed by atoms with Crippen molar-refractivity contribution in [1.29, 1.82) is 0 Å². The third-order valence-electron chi connectivity index (χ3n) is 5.33. The number of nitrogens with one attached hydrogen (secondary N) is 3. The van der Waals surface area contributed by atoms with Crippen molar-refractivity contribution in [3.05, 3.63) is 47.2 Å². The summed E-state index contributed by atoms with van der Waals surface area (Å²) in [4.78, 5) is 8.14. The summed E-state index contributed by atoms with van der Waals surface area (Å²) in [5.74, 6) is 2.50. The number of rotatable bonds is 10. The number of aliphatic imine (C=N–C) groups is 1. The molecule has 0 aliphatic rings. The van der Waals surface area contributed by atoms with Gasteiger partial charge in [-0.2, -0.15) is 0 Å². The van der Waals surface area contributed by atoms with Crippen LogP contribution in [-0.2, 0) is 31.2 Å². The first-order valence-electron chi connectivity index (χ1n) is 10.6. The van der Waals surface area contributed by atoms with Gasteiger partial charge < -0.3 is 24.9 Å². The fourth-order valence-electron chi connectivity index (χ4n) is 3.43. The molecule has 3 N–H and O–H groups in total. The Hall–Kier alpha value is -2.14. The zero-order chi connectivity index (χ0) is 21.3. The molecule has 0 unspecified atom stereocenters. The summed E-state index contributed by atoms with van der Waals surface area (Å²) in [7, 11) is 3.68. The van der Waals surface area contributed by atoms with Crippen LogP contribution in [-0.4, -0.2) is 52.5 Å². The van der Waals surface area contributed by atoms with Crippen LogP contribution in [0.5, 0.6) is 0 Å². The minimum absolute atomic E-state index is 0. The molecule has 170 valence electrons. The van der Waals surface area contributed by atoms with Crippen molar-refractivity contribution in [2.45, 2.75) is 39.7 Å². The number of hydrogen-bond donors (Lipinski definition) is 3. The molecule has 8 nitrogen and oxygen atoms in total. The maximum Gasteiger partial charge on any atom is 0.191 e. The van der Waals surface area contributed by atoms with Gasteiger partial charge in [0.25, 0.3) is 0 Å². The number of fused-ring (bicyclic) bond motifs is 1. The molecule has 9 heteroatoms. The topological polar surface area (TPSA) is 92.2 Å². The number of hydrogen-bond acceptors (Lipinski definition) is 4. The number of halogens is 1. The zero-order valence-electron chi connectivity index (χ0n) is 18.9. The van der Waals surface area contributed by atoms with Gasteiger partial charge in [-0.15, -0.1) is 34.2 Å². The monoisotopic (exact) mass is 539 g/mol. The zero-order valence-corrected chi connectivity index (χ0v) is 21.2. The van der Waals surface area contributed by atoms with E-state index in [0.29, 0.717) is 6.54 Å². The van der Waals surface area contributed by atoms with Crippen molar-refractivity contribution in [2.75, 3.05) is 26.8 Å². The highest BCUT2D eigenvalue weighted by molar-refractivity contribution is 14.0.